The maximum atomic E-state index is 12.7. The van der Waals surface area contributed by atoms with E-state index in [1.54, 1.807) is 6.07 Å². The molecule has 1 atom stereocenters. The van der Waals surface area contributed by atoms with E-state index >= 15 is 0 Å². The van der Waals surface area contributed by atoms with Gasteiger partial charge in [0.1, 0.15) is 10.1 Å². The van der Waals surface area contributed by atoms with Crippen LogP contribution in [0.2, 0.25) is 4.34 Å². The first-order valence-electron chi connectivity index (χ1n) is 8.50. The van der Waals surface area contributed by atoms with E-state index in [0.29, 0.717) is 29.8 Å². The normalized spacial score (nSPS) is 17.6. The van der Waals surface area contributed by atoms with Crippen molar-refractivity contribution in [3.05, 3.63) is 51.8 Å². The SMILES string of the molecule is O=C(COc1ccsc1Cl)N1CCOCC1Cc1c[nH]c2ccccc12. The minimum absolute atomic E-state index is 0.00278. The summed E-state index contributed by atoms with van der Waals surface area (Å²) in [5, 5.41) is 3.03. The van der Waals surface area contributed by atoms with E-state index in [1.165, 1.54) is 22.3 Å². The highest BCUT2D eigenvalue weighted by atomic mass is 35.5. The molecule has 5 nitrogen and oxygen atoms in total. The smallest absolute Gasteiger partial charge is 0.260 e. The maximum absolute atomic E-state index is 12.7. The second-order valence-corrected chi connectivity index (χ2v) is 7.74. The number of para-hydroxylation sites is 1. The summed E-state index contributed by atoms with van der Waals surface area (Å²) < 4.78 is 11.8. The summed E-state index contributed by atoms with van der Waals surface area (Å²) >= 11 is 7.42. The Kier molecular flexibility index (Phi) is 5.15. The molecule has 0 bridgehead atoms. The van der Waals surface area contributed by atoms with E-state index in [2.05, 4.69) is 17.1 Å². The van der Waals surface area contributed by atoms with Gasteiger partial charge in [-0.3, -0.25) is 4.79 Å². The molecule has 26 heavy (non-hydrogen) atoms. The zero-order valence-corrected chi connectivity index (χ0v) is 15.7. The second-order valence-electron chi connectivity index (χ2n) is 6.23. The highest BCUT2D eigenvalue weighted by Gasteiger charge is 2.28. The highest BCUT2D eigenvalue weighted by molar-refractivity contribution is 7.14. The number of aromatic amines is 1. The van der Waals surface area contributed by atoms with Crippen LogP contribution in [0.4, 0.5) is 0 Å². The lowest BCUT2D eigenvalue weighted by Crippen LogP contribution is -2.51. The lowest BCUT2D eigenvalue weighted by atomic mass is 10.0. The number of amides is 1. The fourth-order valence-corrected chi connectivity index (χ4v) is 4.14. The van der Waals surface area contributed by atoms with Crippen molar-refractivity contribution in [3.63, 3.8) is 0 Å². The Hall–Kier alpha value is -2.02. The molecule has 1 aliphatic heterocycles. The van der Waals surface area contributed by atoms with Crippen LogP contribution in [0.5, 0.6) is 5.75 Å². The van der Waals surface area contributed by atoms with E-state index in [4.69, 9.17) is 21.1 Å². The lowest BCUT2D eigenvalue weighted by molar-refractivity contribution is -0.141. The highest BCUT2D eigenvalue weighted by Crippen LogP contribution is 2.30. The van der Waals surface area contributed by atoms with Gasteiger partial charge < -0.3 is 19.4 Å². The Bertz CT molecular complexity index is 907. The van der Waals surface area contributed by atoms with Crippen LogP contribution in [0.1, 0.15) is 5.56 Å². The summed E-state index contributed by atoms with van der Waals surface area (Å²) in [6, 6.07) is 9.96. The number of morpholine rings is 1. The molecule has 0 aliphatic carbocycles. The van der Waals surface area contributed by atoms with Gasteiger partial charge in [0.15, 0.2) is 6.61 Å². The first-order valence-corrected chi connectivity index (χ1v) is 9.76. The number of nitrogens with one attached hydrogen (secondary N) is 1. The number of carbonyl (C=O) groups excluding carboxylic acids is 1. The number of thiophene rings is 1. The Balaban J connectivity index is 1.45. The van der Waals surface area contributed by atoms with Crippen molar-refractivity contribution in [3.8, 4) is 5.75 Å². The molecule has 4 rings (SSSR count). The van der Waals surface area contributed by atoms with Crippen LogP contribution >= 0.6 is 22.9 Å². The van der Waals surface area contributed by atoms with Crippen LogP contribution in [0.3, 0.4) is 0 Å². The van der Waals surface area contributed by atoms with Crippen molar-refractivity contribution in [2.45, 2.75) is 12.5 Å². The minimum Gasteiger partial charge on any atom is -0.481 e. The number of halogens is 1. The molecule has 0 spiro atoms. The topological polar surface area (TPSA) is 54.6 Å². The third-order valence-electron chi connectivity index (χ3n) is 4.61. The average Bonchev–Trinajstić information content (AvgIpc) is 3.26. The van der Waals surface area contributed by atoms with Gasteiger partial charge in [-0.25, -0.2) is 0 Å². The average molecular weight is 391 g/mol. The van der Waals surface area contributed by atoms with Gasteiger partial charge in [0.05, 0.1) is 19.3 Å². The van der Waals surface area contributed by atoms with Gasteiger partial charge in [0.2, 0.25) is 0 Å². The summed E-state index contributed by atoms with van der Waals surface area (Å²) in [5.41, 5.74) is 2.29. The summed E-state index contributed by atoms with van der Waals surface area (Å²) in [4.78, 5) is 17.9. The number of hydrogen-bond acceptors (Lipinski definition) is 4. The third-order valence-corrected chi connectivity index (χ3v) is 5.75. The quantitative estimate of drug-likeness (QED) is 0.722. The van der Waals surface area contributed by atoms with Crippen LogP contribution in [-0.2, 0) is 16.0 Å². The molecule has 0 radical (unpaired) electrons. The zero-order chi connectivity index (χ0) is 17.9. The predicted octanol–water partition coefficient (Wildman–Crippen LogP) is 3.73. The molecule has 1 unspecified atom stereocenters. The molecule has 1 aliphatic rings. The molecule has 3 aromatic rings. The van der Waals surface area contributed by atoms with Crippen LogP contribution in [0, 0.1) is 0 Å². The van der Waals surface area contributed by atoms with Gasteiger partial charge in [-0.15, -0.1) is 11.3 Å². The Morgan fingerprint density at radius 1 is 1.38 bits per heavy atom. The van der Waals surface area contributed by atoms with Crippen molar-refractivity contribution in [1.82, 2.24) is 9.88 Å². The van der Waals surface area contributed by atoms with Crippen molar-refractivity contribution in [1.29, 1.82) is 0 Å². The van der Waals surface area contributed by atoms with Gasteiger partial charge in [0, 0.05) is 23.6 Å². The summed E-state index contributed by atoms with van der Waals surface area (Å²) in [5.74, 6) is 0.520. The summed E-state index contributed by atoms with van der Waals surface area (Å²) in [6.07, 6.45) is 2.76. The number of ether oxygens (including phenoxy) is 2. The van der Waals surface area contributed by atoms with Gasteiger partial charge in [-0.1, -0.05) is 29.8 Å². The molecular weight excluding hydrogens is 372 g/mol. The molecule has 0 saturated carbocycles. The largest absolute Gasteiger partial charge is 0.481 e. The molecule has 3 heterocycles. The summed E-state index contributed by atoms with van der Waals surface area (Å²) in [7, 11) is 0. The van der Waals surface area contributed by atoms with Crippen molar-refractivity contribution in [2.24, 2.45) is 0 Å². The number of carbonyl (C=O) groups is 1. The first-order chi connectivity index (χ1) is 12.7. The van der Waals surface area contributed by atoms with Gasteiger partial charge in [-0.05, 0) is 29.5 Å². The summed E-state index contributed by atoms with van der Waals surface area (Å²) in [6.45, 7) is 1.65. The van der Waals surface area contributed by atoms with Crippen LogP contribution in [-0.4, -0.2) is 48.2 Å². The number of rotatable bonds is 5. The molecular formula is C19H19ClN2O3S. The molecule has 1 amide bonds. The van der Waals surface area contributed by atoms with Crippen LogP contribution in [0.15, 0.2) is 41.9 Å². The third kappa shape index (κ3) is 3.58. The first kappa shape index (κ1) is 17.4. The fraction of sp³-hybridized carbons (Fsp3) is 0.316. The minimum atomic E-state index is -0.0413. The molecule has 1 saturated heterocycles. The van der Waals surface area contributed by atoms with Crippen molar-refractivity contribution < 1.29 is 14.3 Å². The van der Waals surface area contributed by atoms with Crippen LogP contribution in [0.25, 0.3) is 10.9 Å². The predicted molar refractivity (Wildman–Crippen MR) is 103 cm³/mol. The molecule has 1 fully saturated rings. The number of fused-ring (bicyclic) bond motifs is 1. The van der Waals surface area contributed by atoms with E-state index in [-0.39, 0.29) is 18.6 Å². The Morgan fingerprint density at radius 3 is 3.12 bits per heavy atom. The number of nitrogens with zero attached hydrogens (tertiary/aromatic N) is 1. The number of hydrogen-bond donors (Lipinski definition) is 1. The Labute approximate surface area is 160 Å². The number of H-pyrrole nitrogens is 1. The van der Waals surface area contributed by atoms with E-state index in [0.717, 1.165) is 11.9 Å². The van der Waals surface area contributed by atoms with Gasteiger partial charge in [-0.2, -0.15) is 0 Å². The molecule has 1 N–H and O–H groups in total. The number of benzene rings is 1. The van der Waals surface area contributed by atoms with E-state index in [1.807, 2.05) is 28.6 Å². The van der Waals surface area contributed by atoms with E-state index < -0.39 is 0 Å². The molecule has 136 valence electrons. The van der Waals surface area contributed by atoms with E-state index in [9.17, 15) is 4.79 Å². The molecule has 2 aromatic heterocycles. The van der Waals surface area contributed by atoms with Crippen molar-refractivity contribution in [2.75, 3.05) is 26.4 Å². The monoisotopic (exact) mass is 390 g/mol. The zero-order valence-electron chi connectivity index (χ0n) is 14.1. The van der Waals surface area contributed by atoms with Gasteiger partial charge >= 0.3 is 0 Å². The molecule has 1 aromatic carbocycles. The maximum Gasteiger partial charge on any atom is 0.260 e. The lowest BCUT2D eigenvalue weighted by Gasteiger charge is -2.35. The molecule has 7 heteroatoms. The fourth-order valence-electron chi connectivity index (χ4n) is 3.31. The van der Waals surface area contributed by atoms with Crippen molar-refractivity contribution >= 4 is 39.7 Å². The standard InChI is InChI=1S/C19H19ClN2O3S/c20-19-17(5-8-26-19)25-12-18(23)22-6-7-24-11-14(22)9-13-10-21-16-4-2-1-3-15(13)16/h1-5,8,10,14,21H,6-7,9,11-12H2. The number of aromatic nitrogens is 1. The van der Waals surface area contributed by atoms with Crippen LogP contribution < -0.4 is 4.74 Å². The Morgan fingerprint density at radius 2 is 2.27 bits per heavy atom. The van der Waals surface area contributed by atoms with Gasteiger partial charge in [0.25, 0.3) is 5.91 Å². The second kappa shape index (κ2) is 7.70.